The molecular weight excluding hydrogens is 432 g/mol. The van der Waals surface area contributed by atoms with E-state index in [1.54, 1.807) is 12.4 Å². The lowest BCUT2D eigenvalue weighted by Gasteiger charge is -2.29. The minimum atomic E-state index is -0.539. The van der Waals surface area contributed by atoms with Gasteiger partial charge in [-0.15, -0.1) is 0 Å². The van der Waals surface area contributed by atoms with Crippen molar-refractivity contribution in [2.45, 2.75) is 39.7 Å². The van der Waals surface area contributed by atoms with Crippen molar-refractivity contribution in [3.8, 4) is 11.3 Å². The predicted molar refractivity (Wildman–Crippen MR) is 133 cm³/mol. The maximum absolute atomic E-state index is 13.3. The fraction of sp³-hybridized carbons (Fsp3) is 0.259. The molecule has 33 heavy (non-hydrogen) atoms. The van der Waals surface area contributed by atoms with Crippen LogP contribution >= 0.6 is 11.6 Å². The van der Waals surface area contributed by atoms with Gasteiger partial charge in [0.2, 0.25) is 5.91 Å². The van der Waals surface area contributed by atoms with Crippen LogP contribution in [0.3, 0.4) is 0 Å². The van der Waals surface area contributed by atoms with E-state index in [1.807, 2.05) is 75.4 Å². The highest BCUT2D eigenvalue weighted by molar-refractivity contribution is 6.30. The van der Waals surface area contributed by atoms with Crippen molar-refractivity contribution in [3.05, 3.63) is 89.5 Å². The van der Waals surface area contributed by atoms with Gasteiger partial charge in [0.15, 0.2) is 5.15 Å². The molecule has 0 fully saturated rings. The molecule has 2 aromatic carbocycles. The lowest BCUT2D eigenvalue weighted by molar-refractivity contribution is -0.131. The van der Waals surface area contributed by atoms with E-state index in [2.05, 4.69) is 21.4 Å². The van der Waals surface area contributed by atoms with E-state index in [0.29, 0.717) is 5.69 Å². The molecule has 4 rings (SSSR count). The molecule has 0 aliphatic carbocycles. The maximum Gasteiger partial charge on any atom is 0.226 e. The number of carbonyl (C=O) groups is 1. The second-order valence-electron chi connectivity index (χ2n) is 8.42. The number of rotatable bonds is 7. The summed E-state index contributed by atoms with van der Waals surface area (Å²) in [6.45, 7) is 6.03. The Morgan fingerprint density at radius 3 is 2.39 bits per heavy atom. The van der Waals surface area contributed by atoms with Gasteiger partial charge >= 0.3 is 0 Å². The third-order valence-corrected chi connectivity index (χ3v) is 6.75. The summed E-state index contributed by atoms with van der Waals surface area (Å²) in [6.07, 6.45) is 4.60. The molecule has 0 saturated carbocycles. The zero-order valence-corrected chi connectivity index (χ0v) is 19.8. The van der Waals surface area contributed by atoms with Gasteiger partial charge in [-0.25, -0.2) is 9.97 Å². The lowest BCUT2D eigenvalue weighted by atomic mass is 9.83. The minimum absolute atomic E-state index is 0.0367. The van der Waals surface area contributed by atoms with Crippen molar-refractivity contribution in [1.29, 1.82) is 0 Å². The van der Waals surface area contributed by atoms with E-state index in [0.717, 1.165) is 40.6 Å². The molecule has 1 N–H and O–H groups in total. The second kappa shape index (κ2) is 9.67. The molecule has 0 bridgehead atoms. The summed E-state index contributed by atoms with van der Waals surface area (Å²) in [7, 11) is 0. The van der Waals surface area contributed by atoms with Crippen LogP contribution in [0.1, 0.15) is 50.9 Å². The number of hydrogen-bond donors (Lipinski definition) is 1. The van der Waals surface area contributed by atoms with Crippen molar-refractivity contribution in [3.63, 3.8) is 0 Å². The standard InChI is InChI=1S/C27H27ClN4O/c1-4-27(3,5-2)26(33)32-23(24-25(28)30-16-15-29-24)20-12-11-19-13-14-21(31-22(19)17-20)18-9-7-6-8-10-18/h6-17,23H,4-5H2,1-3H3,(H,32,33). The molecule has 0 aliphatic heterocycles. The van der Waals surface area contributed by atoms with Crippen molar-refractivity contribution in [1.82, 2.24) is 20.3 Å². The van der Waals surface area contributed by atoms with Crippen molar-refractivity contribution in [2.24, 2.45) is 5.41 Å². The summed E-state index contributed by atoms with van der Waals surface area (Å²) < 4.78 is 0. The molecular formula is C27H27ClN4O. The fourth-order valence-corrected chi connectivity index (χ4v) is 4.01. The number of aromatic nitrogens is 3. The SMILES string of the molecule is CCC(C)(CC)C(=O)NC(c1ccc2ccc(-c3ccccc3)nc2c1)c1nccnc1Cl. The second-order valence-corrected chi connectivity index (χ2v) is 8.78. The molecule has 5 nitrogen and oxygen atoms in total. The molecule has 0 aliphatic rings. The van der Waals surface area contributed by atoms with Gasteiger partial charge in [-0.3, -0.25) is 9.78 Å². The van der Waals surface area contributed by atoms with E-state index in [1.165, 1.54) is 0 Å². The molecule has 2 heterocycles. The number of amides is 1. The quantitative estimate of drug-likeness (QED) is 0.349. The first-order chi connectivity index (χ1) is 15.9. The Morgan fingerprint density at radius 1 is 1.00 bits per heavy atom. The zero-order valence-electron chi connectivity index (χ0n) is 19.0. The molecule has 1 unspecified atom stereocenters. The Balaban J connectivity index is 1.80. The van der Waals surface area contributed by atoms with Gasteiger partial charge in [-0.2, -0.15) is 0 Å². The van der Waals surface area contributed by atoms with E-state index in [4.69, 9.17) is 16.6 Å². The van der Waals surface area contributed by atoms with Crippen molar-refractivity contribution >= 4 is 28.4 Å². The average Bonchev–Trinajstić information content (AvgIpc) is 2.87. The summed E-state index contributed by atoms with van der Waals surface area (Å²) in [5, 5.41) is 4.47. The molecule has 168 valence electrons. The summed E-state index contributed by atoms with van der Waals surface area (Å²) in [4.78, 5) is 26.8. The maximum atomic E-state index is 13.3. The van der Waals surface area contributed by atoms with Gasteiger partial charge in [0.05, 0.1) is 17.3 Å². The van der Waals surface area contributed by atoms with Gasteiger partial charge in [0.1, 0.15) is 5.69 Å². The number of fused-ring (bicyclic) bond motifs is 1. The normalized spacial score (nSPS) is 12.5. The highest BCUT2D eigenvalue weighted by Crippen LogP contribution is 2.32. The highest BCUT2D eigenvalue weighted by Gasteiger charge is 2.32. The fourth-order valence-electron chi connectivity index (χ4n) is 3.79. The first-order valence-electron chi connectivity index (χ1n) is 11.2. The molecule has 1 amide bonds. The summed E-state index contributed by atoms with van der Waals surface area (Å²) >= 11 is 6.42. The van der Waals surface area contributed by atoms with Gasteiger partial charge in [-0.05, 0) is 30.5 Å². The lowest BCUT2D eigenvalue weighted by Crippen LogP contribution is -2.41. The van der Waals surface area contributed by atoms with E-state index in [-0.39, 0.29) is 11.1 Å². The highest BCUT2D eigenvalue weighted by atomic mass is 35.5. The van der Waals surface area contributed by atoms with E-state index >= 15 is 0 Å². The first-order valence-corrected chi connectivity index (χ1v) is 11.6. The van der Waals surface area contributed by atoms with Crippen LogP contribution < -0.4 is 5.32 Å². The van der Waals surface area contributed by atoms with Crippen LogP contribution in [0.15, 0.2) is 73.1 Å². The van der Waals surface area contributed by atoms with E-state index < -0.39 is 11.5 Å². The Hall–Kier alpha value is -3.31. The van der Waals surface area contributed by atoms with Crippen LogP contribution in [0.2, 0.25) is 5.15 Å². The minimum Gasteiger partial charge on any atom is -0.343 e. The van der Waals surface area contributed by atoms with Crippen LogP contribution in [0.4, 0.5) is 0 Å². The third kappa shape index (κ3) is 4.74. The van der Waals surface area contributed by atoms with Gasteiger partial charge < -0.3 is 5.32 Å². The number of pyridine rings is 1. The number of carbonyl (C=O) groups excluding carboxylic acids is 1. The molecule has 4 aromatic rings. The number of nitrogens with zero attached hydrogens (tertiary/aromatic N) is 3. The van der Waals surface area contributed by atoms with E-state index in [9.17, 15) is 4.79 Å². The Morgan fingerprint density at radius 2 is 1.70 bits per heavy atom. The third-order valence-electron chi connectivity index (χ3n) is 6.46. The summed E-state index contributed by atoms with van der Waals surface area (Å²) in [5.41, 5.74) is 3.66. The number of hydrogen-bond acceptors (Lipinski definition) is 4. The van der Waals surface area contributed by atoms with Crippen molar-refractivity contribution < 1.29 is 4.79 Å². The Bertz CT molecular complexity index is 1270. The molecule has 0 spiro atoms. The van der Waals surface area contributed by atoms with Crippen LogP contribution in [0.5, 0.6) is 0 Å². The predicted octanol–water partition coefficient (Wildman–Crippen LogP) is 6.38. The number of benzene rings is 2. The largest absolute Gasteiger partial charge is 0.343 e. The van der Waals surface area contributed by atoms with Gasteiger partial charge in [-0.1, -0.05) is 80.9 Å². The Kier molecular flexibility index (Phi) is 6.70. The van der Waals surface area contributed by atoms with Crippen LogP contribution in [0.25, 0.3) is 22.2 Å². The summed E-state index contributed by atoms with van der Waals surface area (Å²) in [6, 6.07) is 19.6. The molecule has 0 radical (unpaired) electrons. The number of halogens is 1. The molecule has 0 saturated heterocycles. The monoisotopic (exact) mass is 458 g/mol. The topological polar surface area (TPSA) is 67.8 Å². The smallest absolute Gasteiger partial charge is 0.226 e. The first kappa shape index (κ1) is 22.9. The van der Waals surface area contributed by atoms with Gasteiger partial charge in [0.25, 0.3) is 0 Å². The van der Waals surface area contributed by atoms with Crippen LogP contribution in [0, 0.1) is 5.41 Å². The molecule has 1 atom stereocenters. The van der Waals surface area contributed by atoms with Crippen LogP contribution in [-0.2, 0) is 4.79 Å². The van der Waals surface area contributed by atoms with Crippen molar-refractivity contribution in [2.75, 3.05) is 0 Å². The molecule has 2 aromatic heterocycles. The van der Waals surface area contributed by atoms with Crippen LogP contribution in [-0.4, -0.2) is 20.9 Å². The zero-order chi connectivity index (χ0) is 23.4. The summed E-state index contributed by atoms with van der Waals surface area (Å²) in [5.74, 6) is -0.0367. The average molecular weight is 459 g/mol. The molecule has 6 heteroatoms. The Labute approximate surface area is 199 Å². The number of nitrogens with one attached hydrogen (secondary N) is 1. The van der Waals surface area contributed by atoms with Gasteiger partial charge in [0, 0.05) is 28.8 Å².